The highest BCUT2D eigenvalue weighted by atomic mass is 79.9. The maximum atomic E-state index is 12.1. The summed E-state index contributed by atoms with van der Waals surface area (Å²) in [5.41, 5.74) is 0.814. The quantitative estimate of drug-likeness (QED) is 0.849. The molecular weight excluding hydrogens is 292 g/mol. The van der Waals surface area contributed by atoms with Crippen molar-refractivity contribution in [1.29, 1.82) is 0 Å². The topological polar surface area (TPSA) is 42.0 Å². The van der Waals surface area contributed by atoms with Crippen LogP contribution in [0.2, 0.25) is 0 Å². The molecule has 1 saturated carbocycles. The zero-order valence-corrected chi connectivity index (χ0v) is 12.5. The van der Waals surface area contributed by atoms with Crippen LogP contribution in [0.3, 0.4) is 0 Å². The van der Waals surface area contributed by atoms with Crippen LogP contribution >= 0.6 is 15.9 Å². The van der Waals surface area contributed by atoms with Crippen LogP contribution in [0.25, 0.3) is 0 Å². The third-order valence-corrected chi connectivity index (χ3v) is 3.93. The Morgan fingerprint density at radius 3 is 2.94 bits per heavy atom. The molecule has 0 saturated heterocycles. The lowest BCUT2D eigenvalue weighted by atomic mass is 9.75. The van der Waals surface area contributed by atoms with Gasteiger partial charge in [-0.05, 0) is 52.7 Å². The molecule has 2 rings (SSSR count). The molecule has 1 N–H and O–H groups in total. The lowest BCUT2D eigenvalue weighted by Crippen LogP contribution is -2.40. The second kappa shape index (κ2) is 5.39. The number of hydrogen-bond donors (Lipinski definition) is 1. The number of hydrogen-bond acceptors (Lipinski definition) is 2. The number of carbonyl (C=O) groups is 1. The second-order valence-corrected chi connectivity index (χ2v) is 6.59. The molecule has 1 aliphatic carbocycles. The van der Waals surface area contributed by atoms with Crippen molar-refractivity contribution in [2.75, 3.05) is 0 Å². The van der Waals surface area contributed by atoms with Crippen molar-refractivity contribution >= 4 is 21.8 Å². The number of halogens is 1. The van der Waals surface area contributed by atoms with Gasteiger partial charge in [0.1, 0.15) is 10.3 Å². The smallest absolute Gasteiger partial charge is 0.270 e. The monoisotopic (exact) mass is 310 g/mol. The van der Waals surface area contributed by atoms with Gasteiger partial charge in [0.15, 0.2) is 0 Å². The Morgan fingerprint density at radius 2 is 2.28 bits per heavy atom. The van der Waals surface area contributed by atoms with E-state index in [0.717, 1.165) is 12.8 Å². The van der Waals surface area contributed by atoms with E-state index in [1.54, 1.807) is 6.07 Å². The first-order valence-electron chi connectivity index (χ1n) is 6.40. The fraction of sp³-hybridized carbons (Fsp3) is 0.571. The maximum Gasteiger partial charge on any atom is 0.270 e. The van der Waals surface area contributed by atoms with Crippen LogP contribution in [0, 0.1) is 5.41 Å². The summed E-state index contributed by atoms with van der Waals surface area (Å²) in [5.74, 6) is -0.0704. The average molecular weight is 311 g/mol. The Kier molecular flexibility index (Phi) is 4.05. The van der Waals surface area contributed by atoms with Gasteiger partial charge in [-0.1, -0.05) is 26.3 Å². The van der Waals surface area contributed by atoms with Gasteiger partial charge in [-0.3, -0.25) is 4.79 Å². The molecule has 0 aliphatic heterocycles. The number of nitrogens with one attached hydrogen (secondary N) is 1. The minimum atomic E-state index is -0.0704. The number of nitrogens with zero attached hydrogens (tertiary/aromatic N) is 1. The number of pyridine rings is 1. The molecule has 1 fully saturated rings. The number of rotatable bonds is 2. The first kappa shape index (κ1) is 13.5. The molecule has 1 aromatic heterocycles. The highest BCUT2D eigenvalue weighted by Gasteiger charge is 2.29. The van der Waals surface area contributed by atoms with E-state index >= 15 is 0 Å². The summed E-state index contributed by atoms with van der Waals surface area (Å²) in [6, 6.07) is 5.67. The first-order chi connectivity index (χ1) is 8.46. The summed E-state index contributed by atoms with van der Waals surface area (Å²) in [6.07, 6.45) is 4.55. The molecule has 0 spiro atoms. The molecule has 1 amide bonds. The van der Waals surface area contributed by atoms with Gasteiger partial charge in [0, 0.05) is 6.04 Å². The fourth-order valence-electron chi connectivity index (χ4n) is 2.62. The van der Waals surface area contributed by atoms with Crippen LogP contribution in [0.15, 0.2) is 22.8 Å². The van der Waals surface area contributed by atoms with E-state index in [9.17, 15) is 4.79 Å². The predicted octanol–water partition coefficient (Wildman–Crippen LogP) is 3.54. The van der Waals surface area contributed by atoms with Crippen molar-refractivity contribution in [1.82, 2.24) is 10.3 Å². The molecule has 1 unspecified atom stereocenters. The molecule has 18 heavy (non-hydrogen) atoms. The molecule has 0 bridgehead atoms. The summed E-state index contributed by atoms with van der Waals surface area (Å²) in [5, 5.41) is 3.10. The molecule has 98 valence electrons. The highest BCUT2D eigenvalue weighted by Crippen LogP contribution is 2.35. The van der Waals surface area contributed by atoms with Crippen LogP contribution in [0.5, 0.6) is 0 Å². The predicted molar refractivity (Wildman–Crippen MR) is 75.4 cm³/mol. The van der Waals surface area contributed by atoms with E-state index in [0.29, 0.717) is 15.7 Å². The molecule has 4 heteroatoms. The summed E-state index contributed by atoms with van der Waals surface area (Å²) >= 11 is 3.28. The Morgan fingerprint density at radius 1 is 1.50 bits per heavy atom. The highest BCUT2D eigenvalue weighted by molar-refractivity contribution is 9.10. The molecule has 1 heterocycles. The molecule has 1 aromatic rings. The van der Waals surface area contributed by atoms with Crippen molar-refractivity contribution < 1.29 is 4.79 Å². The molecular formula is C14H19BrN2O. The van der Waals surface area contributed by atoms with Crippen LogP contribution in [0.1, 0.15) is 50.0 Å². The van der Waals surface area contributed by atoms with E-state index in [1.807, 2.05) is 12.1 Å². The number of amides is 1. The van der Waals surface area contributed by atoms with E-state index in [-0.39, 0.29) is 11.9 Å². The van der Waals surface area contributed by atoms with Gasteiger partial charge < -0.3 is 5.32 Å². The van der Waals surface area contributed by atoms with E-state index in [2.05, 4.69) is 40.1 Å². The Balaban J connectivity index is 1.99. The third-order valence-electron chi connectivity index (χ3n) is 3.49. The first-order valence-corrected chi connectivity index (χ1v) is 7.19. The minimum Gasteiger partial charge on any atom is -0.348 e. The average Bonchev–Trinajstić information content (AvgIpc) is 2.27. The van der Waals surface area contributed by atoms with Crippen molar-refractivity contribution in [3.63, 3.8) is 0 Å². The third kappa shape index (κ3) is 3.55. The van der Waals surface area contributed by atoms with Crippen molar-refractivity contribution in [3.8, 4) is 0 Å². The molecule has 3 nitrogen and oxygen atoms in total. The maximum absolute atomic E-state index is 12.1. The van der Waals surface area contributed by atoms with Gasteiger partial charge in [0.05, 0.1) is 0 Å². The minimum absolute atomic E-state index is 0.0704. The normalized spacial score (nSPS) is 22.5. The van der Waals surface area contributed by atoms with Crippen LogP contribution in [-0.2, 0) is 0 Å². The SMILES string of the molecule is CC1(C)CCCC(NC(=O)c2cccc(Br)n2)C1. The zero-order valence-electron chi connectivity index (χ0n) is 10.9. The van der Waals surface area contributed by atoms with Crippen molar-refractivity contribution in [3.05, 3.63) is 28.5 Å². The van der Waals surface area contributed by atoms with Gasteiger partial charge in [-0.25, -0.2) is 4.98 Å². The van der Waals surface area contributed by atoms with E-state index < -0.39 is 0 Å². The lowest BCUT2D eigenvalue weighted by Gasteiger charge is -2.35. The van der Waals surface area contributed by atoms with Gasteiger partial charge in [-0.2, -0.15) is 0 Å². The standard InChI is InChI=1S/C14H19BrN2O/c1-14(2)8-4-5-10(9-14)16-13(18)11-6-3-7-12(15)17-11/h3,6-7,10H,4-5,8-9H2,1-2H3,(H,16,18). The van der Waals surface area contributed by atoms with E-state index in [1.165, 1.54) is 12.8 Å². The summed E-state index contributed by atoms with van der Waals surface area (Å²) in [6.45, 7) is 4.53. The van der Waals surface area contributed by atoms with Gasteiger partial charge in [0.25, 0.3) is 5.91 Å². The number of carbonyl (C=O) groups excluding carboxylic acids is 1. The van der Waals surface area contributed by atoms with Crippen molar-refractivity contribution in [2.45, 2.75) is 45.6 Å². The van der Waals surface area contributed by atoms with Crippen LogP contribution < -0.4 is 5.32 Å². The van der Waals surface area contributed by atoms with Gasteiger partial charge >= 0.3 is 0 Å². The largest absolute Gasteiger partial charge is 0.348 e. The fourth-order valence-corrected chi connectivity index (χ4v) is 2.96. The Bertz CT molecular complexity index is 445. The summed E-state index contributed by atoms with van der Waals surface area (Å²) in [4.78, 5) is 16.3. The summed E-state index contributed by atoms with van der Waals surface area (Å²) in [7, 11) is 0. The van der Waals surface area contributed by atoms with Crippen molar-refractivity contribution in [2.24, 2.45) is 5.41 Å². The zero-order chi connectivity index (χ0) is 13.2. The Labute approximate surface area is 117 Å². The van der Waals surface area contributed by atoms with Gasteiger partial charge in [-0.15, -0.1) is 0 Å². The lowest BCUT2D eigenvalue weighted by molar-refractivity contribution is 0.0897. The van der Waals surface area contributed by atoms with Crippen LogP contribution in [-0.4, -0.2) is 16.9 Å². The Hall–Kier alpha value is -0.900. The second-order valence-electron chi connectivity index (χ2n) is 5.78. The molecule has 1 aliphatic rings. The summed E-state index contributed by atoms with van der Waals surface area (Å²) < 4.78 is 0.694. The molecule has 1 atom stereocenters. The number of aromatic nitrogens is 1. The van der Waals surface area contributed by atoms with Crippen LogP contribution in [0.4, 0.5) is 0 Å². The van der Waals surface area contributed by atoms with E-state index in [4.69, 9.17) is 0 Å². The molecule has 0 radical (unpaired) electrons. The molecule has 0 aromatic carbocycles. The van der Waals surface area contributed by atoms with Gasteiger partial charge in [0.2, 0.25) is 0 Å².